The Kier molecular flexibility index (Phi) is 3.62. The van der Waals surface area contributed by atoms with E-state index in [4.69, 9.17) is 5.84 Å². The van der Waals surface area contributed by atoms with Crippen LogP contribution >= 0.6 is 11.3 Å². The molecule has 1 aromatic heterocycles. The monoisotopic (exact) mass is 246 g/mol. The predicted octanol–water partition coefficient (Wildman–Crippen LogP) is 3.23. The van der Waals surface area contributed by atoms with Crippen molar-refractivity contribution in [2.75, 3.05) is 0 Å². The van der Waals surface area contributed by atoms with Gasteiger partial charge in [-0.05, 0) is 59.9 Å². The van der Waals surface area contributed by atoms with Gasteiger partial charge in [-0.1, -0.05) is 17.7 Å². The molecule has 1 aromatic carbocycles. The van der Waals surface area contributed by atoms with Gasteiger partial charge >= 0.3 is 0 Å². The first-order chi connectivity index (χ1) is 8.13. The summed E-state index contributed by atoms with van der Waals surface area (Å²) >= 11 is 1.70. The van der Waals surface area contributed by atoms with Gasteiger partial charge in [0.05, 0.1) is 6.04 Å². The number of benzene rings is 1. The fourth-order valence-corrected chi connectivity index (χ4v) is 3.12. The van der Waals surface area contributed by atoms with Gasteiger partial charge in [0, 0.05) is 0 Å². The number of hydrogen-bond acceptors (Lipinski definition) is 3. The Morgan fingerprint density at radius 2 is 1.82 bits per heavy atom. The van der Waals surface area contributed by atoms with E-state index in [-0.39, 0.29) is 6.04 Å². The maximum Gasteiger partial charge on any atom is 0.0723 e. The zero-order valence-electron chi connectivity index (χ0n) is 10.4. The van der Waals surface area contributed by atoms with Crippen molar-refractivity contribution < 1.29 is 0 Å². The molecule has 1 atom stereocenters. The molecule has 0 aliphatic rings. The van der Waals surface area contributed by atoms with Gasteiger partial charge in [0.1, 0.15) is 0 Å². The van der Waals surface area contributed by atoms with Crippen molar-refractivity contribution in [2.24, 2.45) is 5.84 Å². The first-order valence-corrected chi connectivity index (χ1v) is 6.63. The van der Waals surface area contributed by atoms with Crippen LogP contribution in [0.3, 0.4) is 0 Å². The van der Waals surface area contributed by atoms with Crippen molar-refractivity contribution in [3.8, 4) is 0 Å². The highest BCUT2D eigenvalue weighted by Crippen LogP contribution is 2.29. The Bertz CT molecular complexity index is 480. The lowest BCUT2D eigenvalue weighted by molar-refractivity contribution is 0.632. The van der Waals surface area contributed by atoms with Crippen LogP contribution in [0.25, 0.3) is 0 Å². The molecule has 0 saturated heterocycles. The summed E-state index contributed by atoms with van der Waals surface area (Å²) in [5.41, 5.74) is 9.32. The number of thiophene rings is 1. The van der Waals surface area contributed by atoms with Crippen LogP contribution in [0.5, 0.6) is 0 Å². The van der Waals surface area contributed by atoms with Gasteiger partial charge in [-0.2, -0.15) is 11.3 Å². The second-order valence-electron chi connectivity index (χ2n) is 4.47. The van der Waals surface area contributed by atoms with Crippen molar-refractivity contribution in [2.45, 2.75) is 26.8 Å². The van der Waals surface area contributed by atoms with E-state index in [1.165, 1.54) is 27.8 Å². The maximum absolute atomic E-state index is 5.73. The highest BCUT2D eigenvalue weighted by molar-refractivity contribution is 7.08. The van der Waals surface area contributed by atoms with Gasteiger partial charge in [-0.25, -0.2) is 5.43 Å². The third kappa shape index (κ3) is 2.41. The highest BCUT2D eigenvalue weighted by Gasteiger charge is 2.17. The highest BCUT2D eigenvalue weighted by atomic mass is 32.1. The maximum atomic E-state index is 5.73. The van der Waals surface area contributed by atoms with E-state index in [2.05, 4.69) is 55.2 Å². The van der Waals surface area contributed by atoms with Crippen LogP contribution in [0.4, 0.5) is 0 Å². The molecule has 17 heavy (non-hydrogen) atoms. The number of rotatable bonds is 3. The summed E-state index contributed by atoms with van der Waals surface area (Å²) in [4.78, 5) is 0. The van der Waals surface area contributed by atoms with Crippen LogP contribution < -0.4 is 11.3 Å². The summed E-state index contributed by atoms with van der Waals surface area (Å²) in [6.45, 7) is 6.41. The predicted molar refractivity (Wildman–Crippen MR) is 74.1 cm³/mol. The van der Waals surface area contributed by atoms with Gasteiger partial charge in [0.2, 0.25) is 0 Å². The van der Waals surface area contributed by atoms with Crippen molar-refractivity contribution in [1.29, 1.82) is 0 Å². The lowest BCUT2D eigenvalue weighted by Gasteiger charge is -2.20. The standard InChI is InChI=1S/C14H18N2S/c1-9-6-10(2)13(11(3)7-9)14(16-15)12-4-5-17-8-12/h4-8,14,16H,15H2,1-3H3. The number of hydrazine groups is 1. The smallest absolute Gasteiger partial charge is 0.0723 e. The second kappa shape index (κ2) is 5.00. The van der Waals surface area contributed by atoms with Crippen molar-refractivity contribution >= 4 is 11.3 Å². The van der Waals surface area contributed by atoms with Crippen LogP contribution in [0.15, 0.2) is 29.0 Å². The van der Waals surface area contributed by atoms with Gasteiger partial charge in [-0.15, -0.1) is 0 Å². The van der Waals surface area contributed by atoms with E-state index >= 15 is 0 Å². The molecule has 2 rings (SSSR count). The number of aryl methyl sites for hydroxylation is 3. The van der Waals surface area contributed by atoms with Crippen molar-refractivity contribution in [3.05, 3.63) is 56.8 Å². The molecule has 3 heteroatoms. The Labute approximate surface area is 106 Å². The molecule has 0 amide bonds. The van der Waals surface area contributed by atoms with Crippen LogP contribution in [-0.4, -0.2) is 0 Å². The third-order valence-corrected chi connectivity index (χ3v) is 3.77. The Balaban J connectivity index is 2.52. The molecule has 0 aliphatic heterocycles. The summed E-state index contributed by atoms with van der Waals surface area (Å²) in [6.07, 6.45) is 0. The quantitative estimate of drug-likeness (QED) is 0.644. The first kappa shape index (κ1) is 12.3. The molecular formula is C14H18N2S. The lowest BCUT2D eigenvalue weighted by atomic mass is 9.91. The van der Waals surface area contributed by atoms with Crippen LogP contribution in [-0.2, 0) is 0 Å². The first-order valence-electron chi connectivity index (χ1n) is 5.69. The molecule has 1 unspecified atom stereocenters. The number of nitrogens with one attached hydrogen (secondary N) is 1. The van der Waals surface area contributed by atoms with E-state index in [1.807, 2.05) is 0 Å². The minimum Gasteiger partial charge on any atom is -0.271 e. The molecule has 2 nitrogen and oxygen atoms in total. The van der Waals surface area contributed by atoms with Gasteiger partial charge in [-0.3, -0.25) is 5.84 Å². The fourth-order valence-electron chi connectivity index (χ4n) is 2.43. The van der Waals surface area contributed by atoms with Crippen LogP contribution in [0.1, 0.15) is 33.9 Å². The summed E-state index contributed by atoms with van der Waals surface area (Å²) in [5, 5.41) is 4.22. The van der Waals surface area contributed by atoms with E-state index in [0.717, 1.165) is 0 Å². The molecule has 0 aliphatic carbocycles. The van der Waals surface area contributed by atoms with Gasteiger partial charge in [0.15, 0.2) is 0 Å². The fraction of sp³-hybridized carbons (Fsp3) is 0.286. The van der Waals surface area contributed by atoms with E-state index in [1.54, 1.807) is 11.3 Å². The number of nitrogens with two attached hydrogens (primary N) is 1. The van der Waals surface area contributed by atoms with E-state index in [9.17, 15) is 0 Å². The molecule has 1 heterocycles. The molecular weight excluding hydrogens is 228 g/mol. The Morgan fingerprint density at radius 3 is 2.29 bits per heavy atom. The number of hydrogen-bond donors (Lipinski definition) is 2. The van der Waals surface area contributed by atoms with Crippen LogP contribution in [0, 0.1) is 20.8 Å². The zero-order chi connectivity index (χ0) is 12.4. The van der Waals surface area contributed by atoms with Crippen LogP contribution in [0.2, 0.25) is 0 Å². The normalized spacial score (nSPS) is 12.7. The topological polar surface area (TPSA) is 38.0 Å². The summed E-state index contributed by atoms with van der Waals surface area (Å²) < 4.78 is 0. The Hall–Kier alpha value is -1.16. The minimum absolute atomic E-state index is 0.0850. The van der Waals surface area contributed by atoms with E-state index < -0.39 is 0 Å². The lowest BCUT2D eigenvalue weighted by Crippen LogP contribution is -2.29. The minimum atomic E-state index is 0.0850. The molecule has 2 aromatic rings. The zero-order valence-corrected chi connectivity index (χ0v) is 11.3. The second-order valence-corrected chi connectivity index (χ2v) is 5.25. The molecule has 0 bridgehead atoms. The average Bonchev–Trinajstić information content (AvgIpc) is 2.76. The van der Waals surface area contributed by atoms with Gasteiger partial charge < -0.3 is 0 Å². The van der Waals surface area contributed by atoms with Gasteiger partial charge in [0.25, 0.3) is 0 Å². The molecule has 90 valence electrons. The molecule has 3 N–H and O–H groups in total. The Morgan fingerprint density at radius 1 is 1.18 bits per heavy atom. The largest absolute Gasteiger partial charge is 0.271 e. The summed E-state index contributed by atoms with van der Waals surface area (Å²) in [6, 6.07) is 6.62. The van der Waals surface area contributed by atoms with Crippen molar-refractivity contribution in [1.82, 2.24) is 5.43 Å². The molecule has 0 fully saturated rings. The van der Waals surface area contributed by atoms with E-state index in [0.29, 0.717) is 0 Å². The molecule has 0 saturated carbocycles. The molecule has 0 spiro atoms. The summed E-state index contributed by atoms with van der Waals surface area (Å²) in [5.74, 6) is 5.73. The third-order valence-electron chi connectivity index (χ3n) is 3.07. The summed E-state index contributed by atoms with van der Waals surface area (Å²) in [7, 11) is 0. The molecule has 0 radical (unpaired) electrons. The SMILES string of the molecule is Cc1cc(C)c(C(NN)c2ccsc2)c(C)c1. The van der Waals surface area contributed by atoms with Crippen molar-refractivity contribution in [3.63, 3.8) is 0 Å². The average molecular weight is 246 g/mol.